The largest absolute Gasteiger partial charge is 0.493 e. The number of hydrogen-bond donors (Lipinski definition) is 1. The van der Waals surface area contributed by atoms with Crippen LogP contribution in [-0.2, 0) is 9.63 Å². The van der Waals surface area contributed by atoms with Crippen molar-refractivity contribution in [2.75, 3.05) is 26.1 Å². The van der Waals surface area contributed by atoms with Gasteiger partial charge in [0.15, 0.2) is 18.1 Å². The Kier molecular flexibility index (Phi) is 6.82. The van der Waals surface area contributed by atoms with Gasteiger partial charge in [-0.15, -0.1) is 0 Å². The molecule has 0 radical (unpaired) electrons. The Bertz CT molecular complexity index is 778. The number of carbonyl (C=O) groups is 1. The molecule has 1 N–H and O–H groups in total. The van der Waals surface area contributed by atoms with Gasteiger partial charge < -0.3 is 19.6 Å². The number of halogens is 1. The second-order valence-electron chi connectivity index (χ2n) is 5.13. The summed E-state index contributed by atoms with van der Waals surface area (Å²) in [7, 11) is 3.13. The topological polar surface area (TPSA) is 69.2 Å². The van der Waals surface area contributed by atoms with E-state index < -0.39 is 0 Å². The molecule has 0 spiro atoms. The van der Waals surface area contributed by atoms with Crippen LogP contribution >= 0.6 is 15.9 Å². The van der Waals surface area contributed by atoms with Crippen molar-refractivity contribution < 1.29 is 19.1 Å². The lowest BCUT2D eigenvalue weighted by atomic mass is 10.2. The highest BCUT2D eigenvalue weighted by atomic mass is 79.9. The minimum atomic E-state index is -0.283. The molecule has 2 aromatic rings. The summed E-state index contributed by atoms with van der Waals surface area (Å²) in [5.41, 5.74) is 2.46. The lowest BCUT2D eigenvalue weighted by Gasteiger charge is -2.08. The molecule has 0 saturated heterocycles. The van der Waals surface area contributed by atoms with E-state index in [9.17, 15) is 4.79 Å². The predicted molar refractivity (Wildman–Crippen MR) is 101 cm³/mol. The maximum absolute atomic E-state index is 11.9. The van der Waals surface area contributed by atoms with Crippen molar-refractivity contribution in [3.05, 3.63) is 52.0 Å². The van der Waals surface area contributed by atoms with Gasteiger partial charge in [-0.25, -0.2) is 0 Å². The molecule has 0 aromatic heterocycles. The SMILES string of the molecule is COc1ccc(/C=N/OCC(=O)Nc2ccc(Br)cc2C)cc1OC. The van der Waals surface area contributed by atoms with Crippen molar-refractivity contribution in [3.63, 3.8) is 0 Å². The van der Waals surface area contributed by atoms with Gasteiger partial charge >= 0.3 is 0 Å². The van der Waals surface area contributed by atoms with Crippen molar-refractivity contribution in [2.24, 2.45) is 5.16 Å². The highest BCUT2D eigenvalue weighted by Crippen LogP contribution is 2.26. The second-order valence-corrected chi connectivity index (χ2v) is 6.05. The van der Waals surface area contributed by atoms with Crippen molar-refractivity contribution in [1.29, 1.82) is 0 Å². The molecule has 25 heavy (non-hydrogen) atoms. The summed E-state index contributed by atoms with van der Waals surface area (Å²) in [6.07, 6.45) is 1.50. The maximum atomic E-state index is 11.9. The Morgan fingerprint density at radius 2 is 1.92 bits per heavy atom. The molecule has 1 amide bonds. The molecule has 2 aromatic carbocycles. The van der Waals surface area contributed by atoms with E-state index >= 15 is 0 Å². The van der Waals surface area contributed by atoms with Gasteiger partial charge in [-0.3, -0.25) is 4.79 Å². The van der Waals surface area contributed by atoms with Crippen LogP contribution in [0.4, 0.5) is 5.69 Å². The highest BCUT2D eigenvalue weighted by molar-refractivity contribution is 9.10. The number of oxime groups is 1. The molecule has 7 heteroatoms. The number of nitrogens with zero attached hydrogens (tertiary/aromatic N) is 1. The monoisotopic (exact) mass is 406 g/mol. The molecule has 132 valence electrons. The number of carbonyl (C=O) groups excluding carboxylic acids is 1. The van der Waals surface area contributed by atoms with Crippen LogP contribution in [0.2, 0.25) is 0 Å². The molecule has 0 aliphatic rings. The Balaban J connectivity index is 1.87. The van der Waals surface area contributed by atoms with Gasteiger partial charge in [0, 0.05) is 15.7 Å². The van der Waals surface area contributed by atoms with E-state index in [4.69, 9.17) is 14.3 Å². The van der Waals surface area contributed by atoms with Gasteiger partial charge in [-0.2, -0.15) is 0 Å². The quantitative estimate of drug-likeness (QED) is 0.561. The fraction of sp³-hybridized carbons (Fsp3) is 0.222. The number of anilines is 1. The van der Waals surface area contributed by atoms with Crippen LogP contribution < -0.4 is 14.8 Å². The van der Waals surface area contributed by atoms with Crippen molar-refractivity contribution in [2.45, 2.75) is 6.92 Å². The third-order valence-electron chi connectivity index (χ3n) is 3.34. The highest BCUT2D eigenvalue weighted by Gasteiger charge is 2.06. The molecule has 0 heterocycles. The Morgan fingerprint density at radius 1 is 1.16 bits per heavy atom. The van der Waals surface area contributed by atoms with Gasteiger partial charge in [0.05, 0.1) is 20.4 Å². The van der Waals surface area contributed by atoms with Gasteiger partial charge in [0.25, 0.3) is 5.91 Å². The van der Waals surface area contributed by atoms with Gasteiger partial charge in [0.2, 0.25) is 0 Å². The Labute approximate surface area is 154 Å². The van der Waals surface area contributed by atoms with Crippen LogP contribution in [-0.4, -0.2) is 32.9 Å². The number of aryl methyl sites for hydroxylation is 1. The van der Waals surface area contributed by atoms with E-state index in [2.05, 4.69) is 26.4 Å². The molecule has 0 unspecified atom stereocenters. The zero-order chi connectivity index (χ0) is 18.2. The van der Waals surface area contributed by atoms with Crippen LogP contribution in [0.25, 0.3) is 0 Å². The van der Waals surface area contributed by atoms with Crippen LogP contribution in [0, 0.1) is 6.92 Å². The first-order valence-electron chi connectivity index (χ1n) is 7.47. The van der Waals surface area contributed by atoms with Gasteiger partial charge in [-0.1, -0.05) is 21.1 Å². The van der Waals surface area contributed by atoms with E-state index in [0.717, 1.165) is 21.3 Å². The lowest BCUT2D eigenvalue weighted by molar-refractivity contribution is -0.120. The molecule has 0 aliphatic carbocycles. The van der Waals surface area contributed by atoms with Crippen LogP contribution in [0.1, 0.15) is 11.1 Å². The predicted octanol–water partition coefficient (Wildman–Crippen LogP) is 3.76. The third-order valence-corrected chi connectivity index (χ3v) is 3.84. The summed E-state index contributed by atoms with van der Waals surface area (Å²) in [4.78, 5) is 16.9. The van der Waals surface area contributed by atoms with E-state index in [-0.39, 0.29) is 12.5 Å². The fourth-order valence-electron chi connectivity index (χ4n) is 2.08. The number of hydrogen-bond acceptors (Lipinski definition) is 5. The average Bonchev–Trinajstić information content (AvgIpc) is 2.61. The number of methoxy groups -OCH3 is 2. The molecular formula is C18H19BrN2O4. The average molecular weight is 407 g/mol. The van der Waals surface area contributed by atoms with Crippen LogP contribution in [0.5, 0.6) is 11.5 Å². The second kappa shape index (κ2) is 9.08. The van der Waals surface area contributed by atoms with E-state index in [0.29, 0.717) is 11.5 Å². The number of ether oxygens (including phenoxy) is 2. The minimum Gasteiger partial charge on any atom is -0.493 e. The van der Waals surface area contributed by atoms with Crippen molar-refractivity contribution in [3.8, 4) is 11.5 Å². The maximum Gasteiger partial charge on any atom is 0.265 e. The first kappa shape index (κ1) is 18.8. The molecule has 0 aliphatic heterocycles. The smallest absolute Gasteiger partial charge is 0.265 e. The molecule has 2 rings (SSSR count). The molecule has 0 bridgehead atoms. The van der Waals surface area contributed by atoms with Crippen LogP contribution in [0.3, 0.4) is 0 Å². The van der Waals surface area contributed by atoms with Crippen molar-refractivity contribution >= 4 is 33.7 Å². The summed E-state index contributed by atoms with van der Waals surface area (Å²) in [5.74, 6) is 0.939. The third kappa shape index (κ3) is 5.49. The molecule has 0 saturated carbocycles. The molecule has 0 fully saturated rings. The summed E-state index contributed by atoms with van der Waals surface area (Å²) in [6.45, 7) is 1.73. The normalized spacial score (nSPS) is 10.6. The van der Waals surface area contributed by atoms with E-state index in [1.807, 2.05) is 25.1 Å². The minimum absolute atomic E-state index is 0.181. The molecule has 6 nitrogen and oxygen atoms in total. The first-order valence-corrected chi connectivity index (χ1v) is 8.26. The van der Waals surface area contributed by atoms with E-state index in [1.165, 1.54) is 6.21 Å². The van der Waals surface area contributed by atoms with Gasteiger partial charge in [0.1, 0.15) is 0 Å². The molecule has 0 atom stereocenters. The zero-order valence-electron chi connectivity index (χ0n) is 14.2. The number of amides is 1. The number of rotatable bonds is 7. The summed E-state index contributed by atoms with van der Waals surface area (Å²) < 4.78 is 11.3. The van der Waals surface area contributed by atoms with Crippen molar-refractivity contribution in [1.82, 2.24) is 0 Å². The number of benzene rings is 2. The van der Waals surface area contributed by atoms with Crippen LogP contribution in [0.15, 0.2) is 46.0 Å². The first-order chi connectivity index (χ1) is 12.0. The summed E-state index contributed by atoms with van der Waals surface area (Å²) in [5, 5.41) is 6.58. The zero-order valence-corrected chi connectivity index (χ0v) is 15.8. The molecular weight excluding hydrogens is 388 g/mol. The summed E-state index contributed by atoms with van der Waals surface area (Å²) in [6, 6.07) is 10.9. The lowest BCUT2D eigenvalue weighted by Crippen LogP contribution is -2.17. The van der Waals surface area contributed by atoms with Gasteiger partial charge in [-0.05, 0) is 48.9 Å². The fourth-order valence-corrected chi connectivity index (χ4v) is 2.56. The number of nitrogens with one attached hydrogen (secondary N) is 1. The Morgan fingerprint density at radius 3 is 2.60 bits per heavy atom. The standard InChI is InChI=1S/C18H19BrN2O4/c1-12-8-14(19)5-6-15(12)21-18(22)11-25-20-10-13-4-7-16(23-2)17(9-13)24-3/h4-10H,11H2,1-3H3,(H,21,22)/b20-10+. The Hall–Kier alpha value is -2.54. The van der Waals surface area contributed by atoms with E-state index in [1.54, 1.807) is 32.4 Å². The summed E-state index contributed by atoms with van der Waals surface area (Å²) >= 11 is 3.38.